The Bertz CT molecular complexity index is 391. The van der Waals surface area contributed by atoms with Crippen LogP contribution in [0, 0.1) is 0 Å². The van der Waals surface area contributed by atoms with Gasteiger partial charge in [0.25, 0.3) is 0 Å². The third-order valence-corrected chi connectivity index (χ3v) is 4.25. The molecule has 1 N–H and O–H groups in total. The van der Waals surface area contributed by atoms with Gasteiger partial charge in [0.2, 0.25) is 0 Å². The second-order valence-electron chi connectivity index (χ2n) is 5.87. The highest BCUT2D eigenvalue weighted by atomic mass is 16.5. The molecular formula is C18H29NO. The molecule has 2 heteroatoms. The minimum Gasteiger partial charge on any atom is -0.494 e. The van der Waals surface area contributed by atoms with E-state index in [1.54, 1.807) is 0 Å². The van der Waals surface area contributed by atoms with Crippen molar-refractivity contribution in [3.8, 4) is 5.75 Å². The molecule has 1 aliphatic rings. The first-order valence-corrected chi connectivity index (χ1v) is 8.29. The van der Waals surface area contributed by atoms with Crippen molar-refractivity contribution in [2.24, 2.45) is 0 Å². The highest BCUT2D eigenvalue weighted by Crippen LogP contribution is 2.33. The van der Waals surface area contributed by atoms with Gasteiger partial charge in [-0.1, -0.05) is 31.9 Å². The van der Waals surface area contributed by atoms with E-state index >= 15 is 0 Å². The molecule has 2 nitrogen and oxygen atoms in total. The minimum absolute atomic E-state index is 0.687. The van der Waals surface area contributed by atoms with Gasteiger partial charge in [-0.25, -0.2) is 0 Å². The highest BCUT2D eigenvalue weighted by Gasteiger charge is 2.21. The van der Waals surface area contributed by atoms with E-state index in [1.807, 2.05) is 6.92 Å². The van der Waals surface area contributed by atoms with E-state index in [4.69, 9.17) is 4.74 Å². The molecule has 20 heavy (non-hydrogen) atoms. The van der Waals surface area contributed by atoms with Crippen LogP contribution in [0.25, 0.3) is 0 Å². The molecule has 0 aromatic heterocycles. The quantitative estimate of drug-likeness (QED) is 0.772. The summed E-state index contributed by atoms with van der Waals surface area (Å²) in [4.78, 5) is 0. The SMILES string of the molecule is CCCNC1CCCCC(c2cccc(OCC)c2)C1. The van der Waals surface area contributed by atoms with Crippen LogP contribution in [0.15, 0.2) is 24.3 Å². The van der Waals surface area contributed by atoms with Gasteiger partial charge >= 0.3 is 0 Å². The van der Waals surface area contributed by atoms with Gasteiger partial charge < -0.3 is 10.1 Å². The third-order valence-electron chi connectivity index (χ3n) is 4.25. The summed E-state index contributed by atoms with van der Waals surface area (Å²) < 4.78 is 5.64. The Labute approximate surface area is 123 Å². The van der Waals surface area contributed by atoms with Crippen LogP contribution in [0.3, 0.4) is 0 Å². The Hall–Kier alpha value is -1.02. The van der Waals surface area contributed by atoms with Crippen molar-refractivity contribution in [1.82, 2.24) is 5.32 Å². The molecule has 0 spiro atoms. The highest BCUT2D eigenvalue weighted by molar-refractivity contribution is 5.31. The summed E-state index contributed by atoms with van der Waals surface area (Å²) in [6, 6.07) is 9.42. The van der Waals surface area contributed by atoms with Crippen molar-refractivity contribution in [1.29, 1.82) is 0 Å². The minimum atomic E-state index is 0.687. The number of hydrogen-bond acceptors (Lipinski definition) is 2. The van der Waals surface area contributed by atoms with E-state index in [9.17, 15) is 0 Å². The summed E-state index contributed by atoms with van der Waals surface area (Å²) in [5.41, 5.74) is 1.46. The van der Waals surface area contributed by atoms with Crippen LogP contribution in [0.5, 0.6) is 5.75 Å². The zero-order chi connectivity index (χ0) is 14.2. The van der Waals surface area contributed by atoms with Gasteiger partial charge in [-0.3, -0.25) is 0 Å². The standard InChI is InChI=1S/C18H29NO/c1-3-12-19-17-10-6-5-8-15(13-17)16-9-7-11-18(14-16)20-4-2/h7,9,11,14-15,17,19H,3-6,8,10,12-13H2,1-2H3. The first-order valence-electron chi connectivity index (χ1n) is 8.29. The van der Waals surface area contributed by atoms with Gasteiger partial charge in [0.1, 0.15) is 5.75 Å². The van der Waals surface area contributed by atoms with E-state index in [2.05, 4.69) is 36.5 Å². The maximum Gasteiger partial charge on any atom is 0.119 e. The summed E-state index contributed by atoms with van der Waals surface area (Å²) in [7, 11) is 0. The fraction of sp³-hybridized carbons (Fsp3) is 0.667. The Balaban J connectivity index is 2.03. The topological polar surface area (TPSA) is 21.3 Å². The number of hydrogen-bond donors (Lipinski definition) is 1. The fourth-order valence-electron chi connectivity index (χ4n) is 3.22. The average Bonchev–Trinajstić information content (AvgIpc) is 2.71. The summed E-state index contributed by atoms with van der Waals surface area (Å²) in [6.45, 7) is 6.18. The molecule has 1 aromatic carbocycles. The van der Waals surface area contributed by atoms with Gasteiger partial charge in [0.15, 0.2) is 0 Å². The number of rotatable bonds is 6. The summed E-state index contributed by atoms with van der Waals surface area (Å²) in [6.07, 6.45) is 7.87. The lowest BCUT2D eigenvalue weighted by atomic mass is 9.90. The van der Waals surface area contributed by atoms with Gasteiger partial charge in [-0.15, -0.1) is 0 Å². The smallest absolute Gasteiger partial charge is 0.119 e. The largest absolute Gasteiger partial charge is 0.494 e. The molecule has 1 saturated carbocycles. The summed E-state index contributed by atoms with van der Waals surface area (Å²) >= 11 is 0. The van der Waals surface area contributed by atoms with E-state index in [-0.39, 0.29) is 0 Å². The van der Waals surface area contributed by atoms with Gasteiger partial charge in [-0.2, -0.15) is 0 Å². The predicted molar refractivity (Wildman–Crippen MR) is 85.5 cm³/mol. The molecule has 0 heterocycles. The van der Waals surface area contributed by atoms with Gasteiger partial charge in [0.05, 0.1) is 6.61 Å². The second-order valence-corrected chi connectivity index (χ2v) is 5.87. The van der Waals surface area contributed by atoms with Crippen LogP contribution in [-0.4, -0.2) is 19.2 Å². The molecule has 0 aliphatic heterocycles. The monoisotopic (exact) mass is 275 g/mol. The van der Waals surface area contributed by atoms with Crippen LogP contribution in [-0.2, 0) is 0 Å². The van der Waals surface area contributed by atoms with Gasteiger partial charge in [-0.05, 0) is 62.8 Å². The zero-order valence-corrected chi connectivity index (χ0v) is 13.0. The Morgan fingerprint density at radius 3 is 2.85 bits per heavy atom. The third kappa shape index (κ3) is 4.52. The van der Waals surface area contributed by atoms with Crippen LogP contribution in [0.2, 0.25) is 0 Å². The molecule has 0 amide bonds. The van der Waals surface area contributed by atoms with Crippen LogP contribution in [0.1, 0.15) is 63.9 Å². The molecule has 1 aliphatic carbocycles. The molecule has 2 rings (SSSR count). The fourth-order valence-corrected chi connectivity index (χ4v) is 3.22. The van der Waals surface area contributed by atoms with Crippen molar-refractivity contribution in [2.45, 2.75) is 64.3 Å². The average molecular weight is 275 g/mol. The molecule has 2 atom stereocenters. The Morgan fingerprint density at radius 2 is 2.05 bits per heavy atom. The molecular weight excluding hydrogens is 246 g/mol. The van der Waals surface area contributed by atoms with Crippen molar-refractivity contribution in [2.75, 3.05) is 13.2 Å². The number of nitrogens with one attached hydrogen (secondary N) is 1. The van der Waals surface area contributed by atoms with E-state index in [0.29, 0.717) is 12.0 Å². The normalized spacial score (nSPS) is 23.3. The van der Waals surface area contributed by atoms with E-state index in [0.717, 1.165) is 18.9 Å². The van der Waals surface area contributed by atoms with Crippen molar-refractivity contribution in [3.05, 3.63) is 29.8 Å². The molecule has 0 saturated heterocycles. The first kappa shape index (κ1) is 15.4. The number of benzene rings is 1. The number of ether oxygens (including phenoxy) is 1. The maximum atomic E-state index is 5.64. The summed E-state index contributed by atoms with van der Waals surface area (Å²) in [5, 5.41) is 3.72. The van der Waals surface area contributed by atoms with Crippen molar-refractivity contribution in [3.63, 3.8) is 0 Å². The van der Waals surface area contributed by atoms with Crippen molar-refractivity contribution >= 4 is 0 Å². The van der Waals surface area contributed by atoms with Crippen LogP contribution in [0.4, 0.5) is 0 Å². The lowest BCUT2D eigenvalue weighted by Crippen LogP contribution is -2.30. The summed E-state index contributed by atoms with van der Waals surface area (Å²) in [5.74, 6) is 1.71. The van der Waals surface area contributed by atoms with E-state index < -0.39 is 0 Å². The molecule has 2 unspecified atom stereocenters. The maximum absolute atomic E-state index is 5.64. The predicted octanol–water partition coefficient (Wildman–Crippen LogP) is 4.50. The van der Waals surface area contributed by atoms with Crippen LogP contribution < -0.4 is 10.1 Å². The van der Waals surface area contributed by atoms with Crippen molar-refractivity contribution < 1.29 is 4.74 Å². The molecule has 1 aromatic rings. The molecule has 112 valence electrons. The van der Waals surface area contributed by atoms with Gasteiger partial charge in [0, 0.05) is 6.04 Å². The Kier molecular flexibility index (Phi) is 6.38. The van der Waals surface area contributed by atoms with Crippen LogP contribution >= 0.6 is 0 Å². The molecule has 1 fully saturated rings. The first-order chi connectivity index (χ1) is 9.83. The lowest BCUT2D eigenvalue weighted by Gasteiger charge is -2.22. The lowest BCUT2D eigenvalue weighted by molar-refractivity contribution is 0.339. The van der Waals surface area contributed by atoms with E-state index in [1.165, 1.54) is 44.1 Å². The second kappa shape index (κ2) is 8.31. The zero-order valence-electron chi connectivity index (χ0n) is 13.0. The Morgan fingerprint density at radius 1 is 1.20 bits per heavy atom. The molecule has 0 bridgehead atoms. The molecule has 0 radical (unpaired) electrons.